The van der Waals surface area contributed by atoms with Gasteiger partial charge in [0, 0.05) is 33.2 Å². The van der Waals surface area contributed by atoms with Crippen LogP contribution in [0.2, 0.25) is 0 Å². The van der Waals surface area contributed by atoms with Crippen molar-refractivity contribution in [1.29, 1.82) is 0 Å². The number of hydrogen-bond donors (Lipinski definition) is 3. The highest BCUT2D eigenvalue weighted by Gasteiger charge is 2.13. The topological polar surface area (TPSA) is 74.8 Å². The van der Waals surface area contributed by atoms with Gasteiger partial charge in [-0.1, -0.05) is 60.7 Å². The van der Waals surface area contributed by atoms with Gasteiger partial charge in [0.15, 0.2) is 5.96 Å². The van der Waals surface area contributed by atoms with Gasteiger partial charge in [-0.15, -0.1) is 0 Å². The molecule has 2 aromatic rings. The minimum atomic E-state index is -0.0936. The van der Waals surface area contributed by atoms with Crippen molar-refractivity contribution in [2.24, 2.45) is 4.99 Å². The summed E-state index contributed by atoms with van der Waals surface area (Å²) in [6.45, 7) is 1.87. The van der Waals surface area contributed by atoms with Gasteiger partial charge >= 0.3 is 0 Å². The molecule has 150 valence electrons. The van der Waals surface area contributed by atoms with Gasteiger partial charge in [-0.2, -0.15) is 0 Å². The lowest BCUT2D eigenvalue weighted by Crippen LogP contribution is -2.44. The van der Waals surface area contributed by atoms with E-state index in [9.17, 15) is 4.79 Å². The van der Waals surface area contributed by atoms with Gasteiger partial charge in [-0.3, -0.25) is 9.79 Å². The van der Waals surface area contributed by atoms with E-state index in [1.165, 1.54) is 11.1 Å². The zero-order valence-corrected chi connectivity index (χ0v) is 16.7. The summed E-state index contributed by atoms with van der Waals surface area (Å²) in [7, 11) is 3.31. The van der Waals surface area contributed by atoms with Gasteiger partial charge in [-0.25, -0.2) is 0 Å². The molecule has 0 aliphatic heterocycles. The molecule has 0 spiro atoms. The number of methoxy groups -OCH3 is 1. The maximum atomic E-state index is 11.8. The smallest absolute Gasteiger partial charge is 0.239 e. The summed E-state index contributed by atoms with van der Waals surface area (Å²) >= 11 is 0. The van der Waals surface area contributed by atoms with Gasteiger partial charge in [0.05, 0.1) is 13.2 Å². The average Bonchev–Trinajstić information content (AvgIpc) is 2.74. The van der Waals surface area contributed by atoms with E-state index in [4.69, 9.17) is 4.74 Å². The van der Waals surface area contributed by atoms with E-state index in [1.54, 1.807) is 14.2 Å². The molecule has 1 amide bonds. The molecule has 1 atom stereocenters. The molecule has 1 unspecified atom stereocenters. The monoisotopic (exact) mass is 382 g/mol. The highest BCUT2D eigenvalue weighted by Crippen LogP contribution is 2.20. The first-order chi connectivity index (χ1) is 13.7. The Labute approximate surface area is 167 Å². The van der Waals surface area contributed by atoms with Crippen LogP contribution in [0.25, 0.3) is 0 Å². The molecule has 0 aliphatic rings. The van der Waals surface area contributed by atoms with Crippen molar-refractivity contribution in [1.82, 2.24) is 16.0 Å². The fourth-order valence-corrected chi connectivity index (χ4v) is 2.89. The third kappa shape index (κ3) is 7.80. The van der Waals surface area contributed by atoms with Crippen LogP contribution in [0.4, 0.5) is 0 Å². The Morgan fingerprint density at radius 1 is 1.00 bits per heavy atom. The van der Waals surface area contributed by atoms with Crippen molar-refractivity contribution in [3.05, 3.63) is 71.8 Å². The summed E-state index contributed by atoms with van der Waals surface area (Å²) in [6, 6.07) is 20.9. The van der Waals surface area contributed by atoms with Crippen LogP contribution in [-0.2, 0) is 16.0 Å². The Hall–Kier alpha value is -2.86. The van der Waals surface area contributed by atoms with Crippen LogP contribution in [0.1, 0.15) is 17.0 Å². The van der Waals surface area contributed by atoms with Crippen LogP contribution in [0.3, 0.4) is 0 Å². The molecular formula is C22H30N4O2. The number of carbonyl (C=O) groups is 1. The molecule has 0 aliphatic carbocycles. The van der Waals surface area contributed by atoms with Crippen molar-refractivity contribution in [2.45, 2.75) is 12.3 Å². The Morgan fingerprint density at radius 2 is 1.68 bits per heavy atom. The van der Waals surface area contributed by atoms with Crippen LogP contribution < -0.4 is 16.0 Å². The first-order valence-electron chi connectivity index (χ1n) is 9.52. The second-order valence-corrected chi connectivity index (χ2v) is 6.45. The zero-order chi connectivity index (χ0) is 20.0. The number of benzene rings is 2. The molecule has 28 heavy (non-hydrogen) atoms. The molecule has 0 saturated carbocycles. The summed E-state index contributed by atoms with van der Waals surface area (Å²) in [5.41, 5.74) is 2.56. The molecule has 6 nitrogen and oxygen atoms in total. The fraction of sp³-hybridized carbons (Fsp3) is 0.364. The number of guanidine groups is 1. The molecular weight excluding hydrogens is 352 g/mol. The summed E-state index contributed by atoms with van der Waals surface area (Å²) in [6.07, 6.45) is 0.923. The number of nitrogens with one attached hydrogen (secondary N) is 3. The van der Waals surface area contributed by atoms with E-state index in [0.29, 0.717) is 25.7 Å². The number of nitrogens with zero attached hydrogens (tertiary/aromatic N) is 1. The Balaban J connectivity index is 1.91. The molecule has 6 heteroatoms. The number of aliphatic imine (C=N–C) groups is 1. The van der Waals surface area contributed by atoms with Crippen LogP contribution in [0.15, 0.2) is 65.7 Å². The second-order valence-electron chi connectivity index (χ2n) is 6.45. The first-order valence-corrected chi connectivity index (χ1v) is 9.52. The zero-order valence-electron chi connectivity index (χ0n) is 16.7. The summed E-state index contributed by atoms with van der Waals surface area (Å²) in [4.78, 5) is 16.0. The van der Waals surface area contributed by atoms with E-state index in [1.807, 2.05) is 12.1 Å². The van der Waals surface area contributed by atoms with Gasteiger partial charge < -0.3 is 20.7 Å². The molecule has 0 aromatic heterocycles. The number of ether oxygens (including phenoxy) is 1. The third-order valence-corrected chi connectivity index (χ3v) is 4.38. The summed E-state index contributed by atoms with van der Waals surface area (Å²) < 4.78 is 4.92. The number of carbonyl (C=O) groups excluding carboxylic acids is 1. The van der Waals surface area contributed by atoms with Crippen molar-refractivity contribution in [2.75, 3.05) is 40.4 Å². The molecule has 2 aromatic carbocycles. The van der Waals surface area contributed by atoms with Gasteiger partial charge in [0.1, 0.15) is 0 Å². The minimum absolute atomic E-state index is 0.0936. The Kier molecular flexibility index (Phi) is 9.58. The second kappa shape index (κ2) is 12.5. The number of hydrogen-bond acceptors (Lipinski definition) is 3. The molecule has 0 fully saturated rings. The molecule has 0 saturated heterocycles. The molecule has 2 rings (SSSR count). The third-order valence-electron chi connectivity index (χ3n) is 4.38. The van der Waals surface area contributed by atoms with Crippen LogP contribution in [0.5, 0.6) is 0 Å². The standard InChI is InChI=1S/C22H30N4O2/c1-23-22(26-17-21(27)24-13-14-28-2)25-16-20(19-11-7-4-8-12-19)15-18-9-5-3-6-10-18/h3-12,20H,13-17H2,1-2H3,(H,24,27)(H2,23,25,26). The molecule has 0 bridgehead atoms. The maximum Gasteiger partial charge on any atom is 0.239 e. The Morgan fingerprint density at radius 3 is 2.32 bits per heavy atom. The van der Waals surface area contributed by atoms with Gasteiger partial charge in [0.2, 0.25) is 5.91 Å². The molecule has 0 radical (unpaired) electrons. The van der Waals surface area contributed by atoms with E-state index in [0.717, 1.165) is 6.42 Å². The molecule has 3 N–H and O–H groups in total. The normalized spacial score (nSPS) is 12.3. The predicted molar refractivity (Wildman–Crippen MR) is 114 cm³/mol. The summed E-state index contributed by atoms with van der Waals surface area (Å²) in [5, 5.41) is 9.18. The van der Waals surface area contributed by atoms with Crippen molar-refractivity contribution >= 4 is 11.9 Å². The highest BCUT2D eigenvalue weighted by molar-refractivity contribution is 5.86. The number of amides is 1. The maximum absolute atomic E-state index is 11.8. The first kappa shape index (κ1) is 21.4. The van der Waals surface area contributed by atoms with Crippen molar-refractivity contribution in [3.8, 4) is 0 Å². The van der Waals surface area contributed by atoms with E-state index < -0.39 is 0 Å². The van der Waals surface area contributed by atoms with E-state index in [-0.39, 0.29) is 18.4 Å². The lowest BCUT2D eigenvalue weighted by molar-refractivity contribution is -0.120. The van der Waals surface area contributed by atoms with Gasteiger partial charge in [-0.05, 0) is 17.5 Å². The minimum Gasteiger partial charge on any atom is -0.383 e. The Bertz CT molecular complexity index is 720. The number of rotatable bonds is 10. The fourth-order valence-electron chi connectivity index (χ4n) is 2.89. The largest absolute Gasteiger partial charge is 0.383 e. The van der Waals surface area contributed by atoms with Crippen LogP contribution >= 0.6 is 0 Å². The predicted octanol–water partition coefficient (Wildman–Crippen LogP) is 1.94. The van der Waals surface area contributed by atoms with Crippen molar-refractivity contribution in [3.63, 3.8) is 0 Å². The quantitative estimate of drug-likeness (QED) is 0.334. The average molecular weight is 383 g/mol. The van der Waals surface area contributed by atoms with Crippen molar-refractivity contribution < 1.29 is 9.53 Å². The molecule has 0 heterocycles. The lowest BCUT2D eigenvalue weighted by atomic mass is 9.92. The van der Waals surface area contributed by atoms with E-state index in [2.05, 4.69) is 69.5 Å². The lowest BCUT2D eigenvalue weighted by Gasteiger charge is -2.20. The van der Waals surface area contributed by atoms with Gasteiger partial charge in [0.25, 0.3) is 0 Å². The van der Waals surface area contributed by atoms with E-state index >= 15 is 0 Å². The van der Waals surface area contributed by atoms with Crippen LogP contribution in [0, 0.1) is 0 Å². The summed E-state index contributed by atoms with van der Waals surface area (Å²) in [5.74, 6) is 0.803. The highest BCUT2D eigenvalue weighted by atomic mass is 16.5. The SMILES string of the molecule is CN=C(NCC(=O)NCCOC)NCC(Cc1ccccc1)c1ccccc1. The van der Waals surface area contributed by atoms with Crippen LogP contribution in [-0.4, -0.2) is 52.3 Å².